The van der Waals surface area contributed by atoms with Gasteiger partial charge in [-0.25, -0.2) is 0 Å². The van der Waals surface area contributed by atoms with E-state index in [2.05, 4.69) is 26.0 Å². The summed E-state index contributed by atoms with van der Waals surface area (Å²) in [6.07, 6.45) is 4.97. The number of aromatic hydroxyl groups is 1. The number of hydrogen-bond donors (Lipinski definition) is 1. The number of rotatable bonds is 5. The summed E-state index contributed by atoms with van der Waals surface area (Å²) < 4.78 is 0. The van der Waals surface area contributed by atoms with Crippen molar-refractivity contribution in [3.63, 3.8) is 0 Å². The number of hydrogen-bond acceptors (Lipinski definition) is 1. The van der Waals surface area contributed by atoms with Crippen LogP contribution in [0.5, 0.6) is 5.75 Å². The average molecular weight is 245 g/mol. The maximum absolute atomic E-state index is 9.82. The van der Waals surface area contributed by atoms with Crippen LogP contribution in [0.4, 0.5) is 0 Å². The predicted molar refractivity (Wildman–Crippen MR) is 71.2 cm³/mol. The fraction of sp³-hybridized carbons (Fsp3) is 0.571. The molecule has 0 saturated carbocycles. The van der Waals surface area contributed by atoms with Crippen LogP contribution in [-0.4, -0.2) is 56.5 Å². The fourth-order valence-electron chi connectivity index (χ4n) is 1.93. The van der Waals surface area contributed by atoms with E-state index in [9.17, 15) is 5.11 Å². The predicted octanol–water partition coefficient (Wildman–Crippen LogP) is 4.00. The van der Waals surface area contributed by atoms with Crippen molar-refractivity contribution in [3.8, 4) is 5.75 Å². The van der Waals surface area contributed by atoms with E-state index in [1.54, 1.807) is 0 Å². The molecule has 0 spiro atoms. The van der Waals surface area contributed by atoms with Gasteiger partial charge in [-0.05, 0) is 36.5 Å². The van der Waals surface area contributed by atoms with Crippen molar-refractivity contribution >= 4 is 51.4 Å². The van der Waals surface area contributed by atoms with Crippen molar-refractivity contribution in [1.82, 2.24) is 0 Å². The van der Waals surface area contributed by atoms with Gasteiger partial charge in [0, 0.05) is 51.4 Å². The van der Waals surface area contributed by atoms with Gasteiger partial charge in [0.15, 0.2) is 0 Å². The summed E-state index contributed by atoms with van der Waals surface area (Å²) in [6.45, 7) is 6.42. The summed E-state index contributed by atoms with van der Waals surface area (Å²) in [5.74, 6) is 0.927. The zero-order chi connectivity index (χ0) is 11.3. The minimum atomic E-state index is 0. The second kappa shape index (κ2) is 8.70. The Morgan fingerprint density at radius 2 is 1.94 bits per heavy atom. The Morgan fingerprint density at radius 3 is 2.50 bits per heavy atom. The maximum Gasteiger partial charge on any atom is 0.119 e. The first-order valence-corrected chi connectivity index (χ1v) is 5.94. The molecule has 1 nitrogen and oxygen atoms in total. The van der Waals surface area contributed by atoms with Gasteiger partial charge in [0.2, 0.25) is 0 Å². The van der Waals surface area contributed by atoms with Crippen molar-refractivity contribution < 1.29 is 5.11 Å². The number of aryl methyl sites for hydroxylation is 1. The van der Waals surface area contributed by atoms with Gasteiger partial charge in [-0.1, -0.05) is 45.2 Å². The van der Waals surface area contributed by atoms with E-state index >= 15 is 0 Å². The number of benzene rings is 1. The van der Waals surface area contributed by atoms with Gasteiger partial charge in [0.1, 0.15) is 5.75 Å². The fourth-order valence-corrected chi connectivity index (χ4v) is 1.93. The van der Waals surface area contributed by atoms with Crippen LogP contribution < -0.4 is 0 Å². The first kappa shape index (κ1) is 16.7. The van der Waals surface area contributed by atoms with Crippen LogP contribution >= 0.6 is 0 Å². The quantitative estimate of drug-likeness (QED) is 0.614. The van der Waals surface area contributed by atoms with Gasteiger partial charge < -0.3 is 5.11 Å². The molecule has 0 heterocycles. The Hall–Kier alpha value is 0.656. The molecule has 1 aromatic rings. The van der Waals surface area contributed by atoms with Crippen LogP contribution in [-0.2, 0) is 0 Å². The van der Waals surface area contributed by atoms with Crippen LogP contribution in [0.1, 0.15) is 56.6 Å². The second-order valence-corrected chi connectivity index (χ2v) is 4.46. The van der Waals surface area contributed by atoms with Crippen molar-refractivity contribution in [2.75, 3.05) is 0 Å². The molecule has 1 atom stereocenters. The minimum Gasteiger partial charge on any atom is -0.508 e. The van der Waals surface area contributed by atoms with E-state index in [1.165, 1.54) is 25.7 Å². The van der Waals surface area contributed by atoms with Crippen molar-refractivity contribution in [2.24, 2.45) is 0 Å². The van der Waals surface area contributed by atoms with E-state index < -0.39 is 0 Å². The second-order valence-electron chi connectivity index (χ2n) is 4.46. The molecule has 85 valence electrons. The van der Waals surface area contributed by atoms with E-state index in [1.807, 2.05) is 13.0 Å². The summed E-state index contributed by atoms with van der Waals surface area (Å²) in [6, 6.07) is 5.98. The van der Waals surface area contributed by atoms with E-state index in [4.69, 9.17) is 0 Å². The summed E-state index contributed by atoms with van der Waals surface area (Å²) >= 11 is 0. The first-order chi connectivity index (χ1) is 7.15. The molecule has 0 aliphatic rings. The van der Waals surface area contributed by atoms with E-state index in [0.717, 1.165) is 11.1 Å². The number of unbranched alkanes of at least 4 members (excludes halogenated alkanes) is 2. The van der Waals surface area contributed by atoms with E-state index in [-0.39, 0.29) is 51.4 Å². The SMILES string of the molecule is CCCCCC(C)c1ccc(C)cc1O.[K]. The van der Waals surface area contributed by atoms with Gasteiger partial charge in [0.05, 0.1) is 0 Å². The van der Waals surface area contributed by atoms with Gasteiger partial charge in [-0.3, -0.25) is 0 Å². The van der Waals surface area contributed by atoms with Crippen LogP contribution in [0.2, 0.25) is 0 Å². The van der Waals surface area contributed by atoms with Gasteiger partial charge in [-0.2, -0.15) is 0 Å². The molecule has 1 unspecified atom stereocenters. The third-order valence-electron chi connectivity index (χ3n) is 2.96. The molecule has 1 rings (SSSR count). The molecule has 0 bridgehead atoms. The molecule has 1 radical (unpaired) electrons. The van der Waals surface area contributed by atoms with Crippen LogP contribution in [0.3, 0.4) is 0 Å². The van der Waals surface area contributed by atoms with Crippen molar-refractivity contribution in [2.45, 2.75) is 52.4 Å². The molecule has 1 N–H and O–H groups in total. The summed E-state index contributed by atoms with van der Waals surface area (Å²) in [4.78, 5) is 0. The number of phenolic OH excluding ortho intramolecular Hbond substituents is 1. The van der Waals surface area contributed by atoms with Gasteiger partial charge in [-0.15, -0.1) is 0 Å². The smallest absolute Gasteiger partial charge is 0.119 e. The van der Waals surface area contributed by atoms with E-state index in [0.29, 0.717) is 11.7 Å². The topological polar surface area (TPSA) is 20.2 Å². The minimum absolute atomic E-state index is 0. The summed E-state index contributed by atoms with van der Waals surface area (Å²) in [5, 5.41) is 9.82. The molecule has 0 aromatic heterocycles. The Morgan fingerprint density at radius 1 is 1.25 bits per heavy atom. The zero-order valence-corrected chi connectivity index (χ0v) is 14.2. The monoisotopic (exact) mass is 245 g/mol. The molecule has 2 heteroatoms. The van der Waals surface area contributed by atoms with Crippen molar-refractivity contribution in [1.29, 1.82) is 0 Å². The van der Waals surface area contributed by atoms with Crippen LogP contribution in [0.25, 0.3) is 0 Å². The third-order valence-corrected chi connectivity index (χ3v) is 2.96. The molecule has 16 heavy (non-hydrogen) atoms. The summed E-state index contributed by atoms with van der Waals surface area (Å²) in [5.41, 5.74) is 2.22. The number of phenols is 1. The maximum atomic E-state index is 9.82. The normalized spacial score (nSPS) is 11.9. The Bertz CT molecular complexity index is 310. The molecule has 1 aromatic carbocycles. The largest absolute Gasteiger partial charge is 0.508 e. The van der Waals surface area contributed by atoms with Crippen LogP contribution in [0.15, 0.2) is 18.2 Å². The Balaban J connectivity index is 0.00000225. The Kier molecular flexibility index (Phi) is 9.06. The summed E-state index contributed by atoms with van der Waals surface area (Å²) in [7, 11) is 0. The molecule has 0 aliphatic heterocycles. The molecule has 0 saturated heterocycles. The molecule has 0 amide bonds. The molecule has 0 aliphatic carbocycles. The molecular weight excluding hydrogens is 223 g/mol. The van der Waals surface area contributed by atoms with Crippen molar-refractivity contribution in [3.05, 3.63) is 29.3 Å². The van der Waals surface area contributed by atoms with Crippen LogP contribution in [0, 0.1) is 6.92 Å². The third kappa shape index (κ3) is 5.32. The molecule has 0 fully saturated rings. The molecular formula is C14H22KO. The van der Waals surface area contributed by atoms with Gasteiger partial charge >= 0.3 is 0 Å². The standard InChI is InChI=1S/C14H22O.K/c1-4-5-6-7-12(3)13-9-8-11(2)10-14(13)15;/h8-10,12,15H,4-7H2,1-3H3;. The Labute approximate surface area is 142 Å². The first-order valence-electron chi connectivity index (χ1n) is 5.94. The average Bonchev–Trinajstić information content (AvgIpc) is 2.17. The van der Waals surface area contributed by atoms with Gasteiger partial charge in [0.25, 0.3) is 0 Å². The zero-order valence-electron chi connectivity index (χ0n) is 11.1.